The van der Waals surface area contributed by atoms with E-state index in [2.05, 4.69) is 191 Å². The first-order chi connectivity index (χ1) is 25.3. The van der Waals surface area contributed by atoms with Gasteiger partial charge in [0.15, 0.2) is 0 Å². The number of benzene rings is 8. The number of thiophene rings is 1. The minimum atomic E-state index is 1.16. The SMILES string of the molecule is c1ccc(-c2cccc(-n3c4ccccc4c4cc5c6cc7sc8ccccc8c7cc6n(-c6cccc(-c7ccccc7)c6)c5cc43)c2)cc1. The van der Waals surface area contributed by atoms with Gasteiger partial charge in [0.1, 0.15) is 0 Å². The number of rotatable bonds is 4. The molecular formula is C48H30N2S. The van der Waals surface area contributed by atoms with Crippen LogP contribution in [0.4, 0.5) is 0 Å². The fraction of sp³-hybridized carbons (Fsp3) is 0. The fourth-order valence-corrected chi connectivity index (χ4v) is 9.29. The van der Waals surface area contributed by atoms with Crippen molar-refractivity contribution in [3.05, 3.63) is 182 Å². The maximum absolute atomic E-state index is 2.49. The van der Waals surface area contributed by atoms with Gasteiger partial charge < -0.3 is 9.13 Å². The van der Waals surface area contributed by atoms with Crippen molar-refractivity contribution in [1.29, 1.82) is 0 Å². The third-order valence-corrected chi connectivity index (χ3v) is 11.6. The lowest BCUT2D eigenvalue weighted by Gasteiger charge is -2.12. The topological polar surface area (TPSA) is 9.86 Å². The molecule has 0 unspecified atom stereocenters. The van der Waals surface area contributed by atoms with Crippen LogP contribution in [0.2, 0.25) is 0 Å². The number of fused-ring (bicyclic) bond motifs is 9. The lowest BCUT2D eigenvalue weighted by Crippen LogP contribution is -1.96. The first-order valence-electron chi connectivity index (χ1n) is 17.4. The third kappa shape index (κ3) is 4.35. The van der Waals surface area contributed by atoms with Crippen LogP contribution in [0.25, 0.3) is 97.4 Å². The molecule has 51 heavy (non-hydrogen) atoms. The van der Waals surface area contributed by atoms with Crippen molar-refractivity contribution in [2.75, 3.05) is 0 Å². The molecule has 0 aliphatic heterocycles. The predicted octanol–water partition coefficient (Wildman–Crippen LogP) is 13.6. The highest BCUT2D eigenvalue weighted by molar-refractivity contribution is 7.25. The Morgan fingerprint density at radius 1 is 0.275 bits per heavy atom. The third-order valence-electron chi connectivity index (χ3n) is 10.5. The molecule has 2 nitrogen and oxygen atoms in total. The van der Waals surface area contributed by atoms with Crippen molar-refractivity contribution in [3.8, 4) is 33.6 Å². The van der Waals surface area contributed by atoms with Crippen molar-refractivity contribution >= 4 is 75.1 Å². The maximum atomic E-state index is 2.49. The van der Waals surface area contributed by atoms with Crippen LogP contribution in [-0.4, -0.2) is 9.13 Å². The van der Waals surface area contributed by atoms with Gasteiger partial charge in [0.05, 0.1) is 22.1 Å². The Kier molecular flexibility index (Phi) is 6.16. The number of para-hydroxylation sites is 1. The summed E-state index contributed by atoms with van der Waals surface area (Å²) in [5.74, 6) is 0. The van der Waals surface area contributed by atoms with Crippen molar-refractivity contribution in [1.82, 2.24) is 9.13 Å². The van der Waals surface area contributed by atoms with Crippen LogP contribution in [0.3, 0.4) is 0 Å². The first kappa shape index (κ1) is 28.4. The molecule has 3 aromatic heterocycles. The summed E-state index contributed by atoms with van der Waals surface area (Å²) in [6.45, 7) is 0. The van der Waals surface area contributed by atoms with E-state index in [1.807, 2.05) is 11.3 Å². The van der Waals surface area contributed by atoms with Crippen LogP contribution in [0.1, 0.15) is 0 Å². The Balaban J connectivity index is 1.26. The largest absolute Gasteiger partial charge is 0.309 e. The number of hydrogen-bond donors (Lipinski definition) is 0. The smallest absolute Gasteiger partial charge is 0.0562 e. The Morgan fingerprint density at radius 3 is 1.47 bits per heavy atom. The van der Waals surface area contributed by atoms with Crippen molar-refractivity contribution in [3.63, 3.8) is 0 Å². The highest BCUT2D eigenvalue weighted by Gasteiger charge is 2.20. The summed E-state index contributed by atoms with van der Waals surface area (Å²) in [6, 6.07) is 66.7. The van der Waals surface area contributed by atoms with E-state index in [1.165, 1.54) is 86.0 Å². The molecule has 3 heterocycles. The summed E-state index contributed by atoms with van der Waals surface area (Å²) >= 11 is 1.88. The summed E-state index contributed by atoms with van der Waals surface area (Å²) in [5, 5.41) is 7.69. The van der Waals surface area contributed by atoms with Crippen LogP contribution in [0.15, 0.2) is 182 Å². The van der Waals surface area contributed by atoms with E-state index in [4.69, 9.17) is 0 Å². The molecule has 0 bridgehead atoms. The zero-order valence-corrected chi connectivity index (χ0v) is 28.4. The van der Waals surface area contributed by atoms with Crippen molar-refractivity contribution < 1.29 is 0 Å². The van der Waals surface area contributed by atoms with E-state index in [0.717, 1.165) is 11.4 Å². The van der Waals surface area contributed by atoms with Crippen molar-refractivity contribution in [2.45, 2.75) is 0 Å². The van der Waals surface area contributed by atoms with Crippen LogP contribution in [-0.2, 0) is 0 Å². The first-order valence-corrected chi connectivity index (χ1v) is 18.2. The highest BCUT2D eigenvalue weighted by Crippen LogP contribution is 2.44. The molecule has 0 saturated heterocycles. The normalized spacial score (nSPS) is 11.9. The van der Waals surface area contributed by atoms with Crippen LogP contribution in [0, 0.1) is 0 Å². The molecule has 0 spiro atoms. The van der Waals surface area contributed by atoms with E-state index in [9.17, 15) is 0 Å². The van der Waals surface area contributed by atoms with Gasteiger partial charge in [-0.1, -0.05) is 121 Å². The Bertz CT molecular complexity index is 3130. The number of aromatic nitrogens is 2. The summed E-state index contributed by atoms with van der Waals surface area (Å²) in [4.78, 5) is 0. The second-order valence-corrected chi connectivity index (χ2v) is 14.5. The molecule has 3 heteroatoms. The fourth-order valence-electron chi connectivity index (χ4n) is 8.16. The van der Waals surface area contributed by atoms with Crippen LogP contribution < -0.4 is 0 Å². The number of nitrogens with zero attached hydrogens (tertiary/aromatic N) is 2. The average Bonchev–Trinajstić information content (AvgIpc) is 3.83. The molecule has 0 N–H and O–H groups in total. The molecule has 0 atom stereocenters. The molecule has 11 aromatic rings. The Hall–Kier alpha value is -6.42. The Morgan fingerprint density at radius 2 is 0.784 bits per heavy atom. The van der Waals surface area contributed by atoms with Gasteiger partial charge in [-0.2, -0.15) is 0 Å². The average molecular weight is 667 g/mol. The van der Waals surface area contributed by atoms with Gasteiger partial charge in [0.25, 0.3) is 0 Å². The van der Waals surface area contributed by atoms with Gasteiger partial charge in [-0.25, -0.2) is 0 Å². The second-order valence-electron chi connectivity index (χ2n) is 13.4. The standard InChI is InChI=1S/C48H30N2S/c1-3-13-31(14-4-1)33-17-11-19-35(25-33)49-43-23-9-7-21-37(43)39-27-40-41-29-48-42(38-22-8-10-24-47(38)51-48)28-44(41)50(46(40)30-45(39)49)36-20-12-18-34(26-36)32-15-5-2-6-16-32/h1-30H. The van der Waals surface area contributed by atoms with E-state index in [0.29, 0.717) is 0 Å². The van der Waals surface area contributed by atoms with E-state index < -0.39 is 0 Å². The van der Waals surface area contributed by atoms with Gasteiger partial charge in [0.2, 0.25) is 0 Å². The van der Waals surface area contributed by atoms with E-state index in [1.54, 1.807) is 0 Å². The van der Waals surface area contributed by atoms with Gasteiger partial charge in [0, 0.05) is 53.1 Å². The van der Waals surface area contributed by atoms with Crippen molar-refractivity contribution in [2.24, 2.45) is 0 Å². The zero-order valence-electron chi connectivity index (χ0n) is 27.6. The molecule has 11 rings (SSSR count). The monoisotopic (exact) mass is 666 g/mol. The Labute approximate surface area is 298 Å². The van der Waals surface area contributed by atoms with Gasteiger partial charge in [-0.3, -0.25) is 0 Å². The van der Waals surface area contributed by atoms with Crippen LogP contribution >= 0.6 is 11.3 Å². The lowest BCUT2D eigenvalue weighted by molar-refractivity contribution is 1.17. The minimum absolute atomic E-state index is 1.16. The maximum Gasteiger partial charge on any atom is 0.0562 e. The van der Waals surface area contributed by atoms with E-state index in [-0.39, 0.29) is 0 Å². The summed E-state index contributed by atoms with van der Waals surface area (Å²) in [5.41, 5.74) is 12.0. The molecule has 0 saturated carbocycles. The molecule has 238 valence electrons. The molecule has 0 aliphatic rings. The van der Waals surface area contributed by atoms with Gasteiger partial charge >= 0.3 is 0 Å². The van der Waals surface area contributed by atoms with Gasteiger partial charge in [-0.15, -0.1) is 11.3 Å². The molecular weight excluding hydrogens is 637 g/mol. The molecule has 0 radical (unpaired) electrons. The zero-order chi connectivity index (χ0) is 33.5. The molecule has 8 aromatic carbocycles. The molecule has 0 amide bonds. The highest BCUT2D eigenvalue weighted by atomic mass is 32.1. The number of hydrogen-bond acceptors (Lipinski definition) is 1. The lowest BCUT2D eigenvalue weighted by atomic mass is 10.1. The second kappa shape index (κ2) is 11.0. The minimum Gasteiger partial charge on any atom is -0.309 e. The summed E-state index contributed by atoms with van der Waals surface area (Å²) < 4.78 is 7.59. The molecule has 0 aliphatic carbocycles. The predicted molar refractivity (Wildman–Crippen MR) is 219 cm³/mol. The summed E-state index contributed by atoms with van der Waals surface area (Å²) in [7, 11) is 0. The van der Waals surface area contributed by atoms with E-state index >= 15 is 0 Å². The molecule has 0 fully saturated rings. The quantitative estimate of drug-likeness (QED) is 0.177. The van der Waals surface area contributed by atoms with Crippen LogP contribution in [0.5, 0.6) is 0 Å². The summed E-state index contributed by atoms with van der Waals surface area (Å²) in [6.07, 6.45) is 0. The van der Waals surface area contributed by atoms with Gasteiger partial charge in [-0.05, 0) is 82.9 Å².